The van der Waals surface area contributed by atoms with Crippen molar-refractivity contribution in [2.75, 3.05) is 5.32 Å². The molecule has 2 N–H and O–H groups in total. The number of hydrogen-bond acceptors (Lipinski definition) is 4. The Morgan fingerprint density at radius 3 is 2.59 bits per heavy atom. The number of amides is 1. The van der Waals surface area contributed by atoms with E-state index in [1.807, 2.05) is 6.07 Å². The molecule has 1 fully saturated rings. The third kappa shape index (κ3) is 3.69. The summed E-state index contributed by atoms with van der Waals surface area (Å²) in [5.41, 5.74) is 0. The van der Waals surface area contributed by atoms with Crippen LogP contribution in [0.4, 0.5) is 5.82 Å². The third-order valence-corrected chi connectivity index (χ3v) is 3.07. The van der Waals surface area contributed by atoms with Gasteiger partial charge in [0.1, 0.15) is 12.1 Å². The predicted molar refractivity (Wildman–Crippen MR) is 65.5 cm³/mol. The molecule has 1 amide bonds. The Morgan fingerprint density at radius 2 is 2.00 bits per heavy atom. The van der Waals surface area contributed by atoms with E-state index in [-0.39, 0.29) is 5.91 Å². The van der Waals surface area contributed by atoms with Crippen LogP contribution in [0.5, 0.6) is 0 Å². The van der Waals surface area contributed by atoms with Gasteiger partial charge in [-0.2, -0.15) is 0 Å². The van der Waals surface area contributed by atoms with Crippen LogP contribution < -0.4 is 10.6 Å². The van der Waals surface area contributed by atoms with E-state index in [4.69, 9.17) is 0 Å². The first kappa shape index (κ1) is 11.8. The van der Waals surface area contributed by atoms with Crippen molar-refractivity contribution in [1.82, 2.24) is 15.3 Å². The maximum atomic E-state index is 10.9. The molecule has 1 aliphatic rings. The Hall–Kier alpha value is -1.65. The van der Waals surface area contributed by atoms with E-state index in [2.05, 4.69) is 20.6 Å². The molecular weight excluding hydrogens is 216 g/mol. The topological polar surface area (TPSA) is 66.9 Å². The average Bonchev–Trinajstić information content (AvgIpc) is 2.32. The number of nitrogens with zero attached hydrogens (tertiary/aromatic N) is 2. The predicted octanol–water partition coefficient (Wildman–Crippen LogP) is 1.34. The van der Waals surface area contributed by atoms with Crippen molar-refractivity contribution < 1.29 is 4.79 Å². The fourth-order valence-corrected chi connectivity index (χ4v) is 2.25. The molecule has 0 spiro atoms. The highest BCUT2D eigenvalue weighted by Crippen LogP contribution is 2.21. The van der Waals surface area contributed by atoms with Crippen LogP contribution in [0.3, 0.4) is 0 Å². The van der Waals surface area contributed by atoms with Gasteiger partial charge in [0.25, 0.3) is 0 Å². The van der Waals surface area contributed by atoms with Crippen LogP contribution in [0.15, 0.2) is 18.6 Å². The zero-order valence-electron chi connectivity index (χ0n) is 10.0. The van der Waals surface area contributed by atoms with Gasteiger partial charge in [-0.15, -0.1) is 0 Å². The maximum Gasteiger partial charge on any atom is 0.217 e. The van der Waals surface area contributed by atoms with Crippen molar-refractivity contribution in [2.24, 2.45) is 0 Å². The first-order valence-electron chi connectivity index (χ1n) is 6.03. The lowest BCUT2D eigenvalue weighted by atomic mass is 9.91. The van der Waals surface area contributed by atoms with Crippen LogP contribution in [0.1, 0.15) is 32.6 Å². The molecule has 0 unspecified atom stereocenters. The molecule has 0 saturated heterocycles. The molecule has 1 aliphatic carbocycles. The van der Waals surface area contributed by atoms with Gasteiger partial charge < -0.3 is 10.6 Å². The Balaban J connectivity index is 1.78. The summed E-state index contributed by atoms with van der Waals surface area (Å²) in [6.07, 6.45) is 7.47. The van der Waals surface area contributed by atoms with E-state index in [0.717, 1.165) is 31.5 Å². The highest BCUT2D eigenvalue weighted by atomic mass is 16.1. The van der Waals surface area contributed by atoms with E-state index >= 15 is 0 Å². The fourth-order valence-electron chi connectivity index (χ4n) is 2.25. The van der Waals surface area contributed by atoms with Crippen LogP contribution in [0.2, 0.25) is 0 Å². The highest BCUT2D eigenvalue weighted by Gasteiger charge is 2.21. The van der Waals surface area contributed by atoms with Crippen molar-refractivity contribution in [1.29, 1.82) is 0 Å². The van der Waals surface area contributed by atoms with Gasteiger partial charge in [0.15, 0.2) is 0 Å². The molecule has 0 aromatic carbocycles. The standard InChI is InChI=1S/C12H18N4O/c1-9(17)15-10-2-4-11(5-3-10)16-12-6-7-13-8-14-12/h6-8,10-11H,2-5H2,1H3,(H,15,17)(H,13,14,16). The van der Waals surface area contributed by atoms with Gasteiger partial charge in [0, 0.05) is 25.2 Å². The SMILES string of the molecule is CC(=O)NC1CCC(Nc2ccncn2)CC1. The number of carbonyl (C=O) groups excluding carboxylic acids is 1. The Labute approximate surface area is 101 Å². The molecule has 92 valence electrons. The molecule has 5 nitrogen and oxygen atoms in total. The molecular formula is C12H18N4O. The zero-order valence-corrected chi connectivity index (χ0v) is 10.0. The summed E-state index contributed by atoms with van der Waals surface area (Å²) in [5, 5.41) is 6.36. The normalized spacial score (nSPS) is 24.1. The molecule has 1 heterocycles. The van der Waals surface area contributed by atoms with Crippen molar-refractivity contribution in [3.05, 3.63) is 18.6 Å². The summed E-state index contributed by atoms with van der Waals surface area (Å²) >= 11 is 0. The van der Waals surface area contributed by atoms with Gasteiger partial charge in [-0.25, -0.2) is 9.97 Å². The summed E-state index contributed by atoms with van der Waals surface area (Å²) in [5.74, 6) is 0.945. The molecule has 0 radical (unpaired) electrons. The molecule has 17 heavy (non-hydrogen) atoms. The van der Waals surface area contributed by atoms with Gasteiger partial charge in [0.05, 0.1) is 0 Å². The Kier molecular flexibility index (Phi) is 3.90. The zero-order chi connectivity index (χ0) is 12.1. The molecule has 5 heteroatoms. The van der Waals surface area contributed by atoms with E-state index in [9.17, 15) is 4.79 Å². The van der Waals surface area contributed by atoms with Gasteiger partial charge in [-0.05, 0) is 31.7 Å². The summed E-state index contributed by atoms with van der Waals surface area (Å²) in [7, 11) is 0. The lowest BCUT2D eigenvalue weighted by Crippen LogP contribution is -2.39. The first-order chi connectivity index (χ1) is 8.24. The quantitative estimate of drug-likeness (QED) is 0.828. The Bertz CT molecular complexity index is 360. The number of hydrogen-bond donors (Lipinski definition) is 2. The smallest absolute Gasteiger partial charge is 0.217 e. The van der Waals surface area contributed by atoms with E-state index in [1.165, 1.54) is 0 Å². The summed E-state index contributed by atoms with van der Waals surface area (Å²) in [4.78, 5) is 19.0. The monoisotopic (exact) mass is 234 g/mol. The summed E-state index contributed by atoms with van der Waals surface area (Å²) < 4.78 is 0. The summed E-state index contributed by atoms with van der Waals surface area (Å²) in [6.45, 7) is 1.57. The van der Waals surface area contributed by atoms with Crippen molar-refractivity contribution in [2.45, 2.75) is 44.7 Å². The number of anilines is 1. The van der Waals surface area contributed by atoms with E-state index < -0.39 is 0 Å². The lowest BCUT2D eigenvalue weighted by molar-refractivity contribution is -0.119. The largest absolute Gasteiger partial charge is 0.367 e. The molecule has 0 aliphatic heterocycles. The Morgan fingerprint density at radius 1 is 1.29 bits per heavy atom. The molecule has 0 atom stereocenters. The minimum atomic E-state index is 0.0669. The minimum absolute atomic E-state index is 0.0669. The lowest BCUT2D eigenvalue weighted by Gasteiger charge is -2.29. The van der Waals surface area contributed by atoms with E-state index in [1.54, 1.807) is 19.4 Å². The number of aromatic nitrogens is 2. The van der Waals surface area contributed by atoms with Crippen LogP contribution in [0, 0.1) is 0 Å². The number of carbonyl (C=O) groups is 1. The second-order valence-electron chi connectivity index (χ2n) is 4.49. The average molecular weight is 234 g/mol. The second kappa shape index (κ2) is 5.61. The number of rotatable bonds is 3. The minimum Gasteiger partial charge on any atom is -0.367 e. The summed E-state index contributed by atoms with van der Waals surface area (Å²) in [6, 6.07) is 2.67. The van der Waals surface area contributed by atoms with Gasteiger partial charge in [0.2, 0.25) is 5.91 Å². The maximum absolute atomic E-state index is 10.9. The molecule has 1 aromatic heterocycles. The van der Waals surface area contributed by atoms with Gasteiger partial charge in [-0.1, -0.05) is 0 Å². The van der Waals surface area contributed by atoms with Crippen molar-refractivity contribution >= 4 is 11.7 Å². The fraction of sp³-hybridized carbons (Fsp3) is 0.583. The molecule has 2 rings (SSSR count). The van der Waals surface area contributed by atoms with Crippen molar-refractivity contribution in [3.63, 3.8) is 0 Å². The van der Waals surface area contributed by atoms with E-state index in [0.29, 0.717) is 12.1 Å². The molecule has 0 bridgehead atoms. The van der Waals surface area contributed by atoms with Crippen LogP contribution in [-0.2, 0) is 4.79 Å². The van der Waals surface area contributed by atoms with Crippen LogP contribution >= 0.6 is 0 Å². The van der Waals surface area contributed by atoms with Crippen LogP contribution in [-0.4, -0.2) is 28.0 Å². The second-order valence-corrected chi connectivity index (χ2v) is 4.49. The molecule has 1 saturated carbocycles. The van der Waals surface area contributed by atoms with Crippen molar-refractivity contribution in [3.8, 4) is 0 Å². The number of nitrogens with one attached hydrogen (secondary N) is 2. The van der Waals surface area contributed by atoms with Gasteiger partial charge in [-0.3, -0.25) is 4.79 Å². The van der Waals surface area contributed by atoms with Crippen LogP contribution in [0.25, 0.3) is 0 Å². The molecule has 1 aromatic rings. The highest BCUT2D eigenvalue weighted by molar-refractivity contribution is 5.73. The van der Waals surface area contributed by atoms with Gasteiger partial charge >= 0.3 is 0 Å². The third-order valence-electron chi connectivity index (χ3n) is 3.07. The first-order valence-corrected chi connectivity index (χ1v) is 6.03.